The molecule has 34 heavy (non-hydrogen) atoms. The second-order valence-electron chi connectivity index (χ2n) is 9.78. The summed E-state index contributed by atoms with van der Waals surface area (Å²) in [6, 6.07) is 17.0. The molecule has 1 aliphatic heterocycles. The van der Waals surface area contributed by atoms with Crippen LogP contribution < -0.4 is 4.74 Å². The molecular formula is C29H36N2O3. The van der Waals surface area contributed by atoms with Crippen molar-refractivity contribution in [2.24, 2.45) is 5.92 Å². The number of hydrogen-bond acceptors (Lipinski definition) is 3. The first-order valence-electron chi connectivity index (χ1n) is 12.8. The van der Waals surface area contributed by atoms with E-state index in [1.807, 2.05) is 17.0 Å². The van der Waals surface area contributed by atoms with Gasteiger partial charge in [-0.3, -0.25) is 4.79 Å². The van der Waals surface area contributed by atoms with Gasteiger partial charge in [0.2, 0.25) is 5.91 Å². The Morgan fingerprint density at radius 3 is 2.50 bits per heavy atom. The molecule has 1 atom stereocenters. The largest absolute Gasteiger partial charge is 0.497 e. The van der Waals surface area contributed by atoms with Crippen LogP contribution in [0.2, 0.25) is 0 Å². The molecular weight excluding hydrogens is 424 g/mol. The smallest absolute Gasteiger partial charge is 0.223 e. The van der Waals surface area contributed by atoms with Gasteiger partial charge in [-0.15, -0.1) is 0 Å². The Morgan fingerprint density at radius 2 is 1.76 bits per heavy atom. The van der Waals surface area contributed by atoms with Crippen LogP contribution in [0, 0.1) is 5.92 Å². The highest BCUT2D eigenvalue weighted by Crippen LogP contribution is 2.42. The zero-order valence-corrected chi connectivity index (χ0v) is 20.2. The van der Waals surface area contributed by atoms with Crippen LogP contribution in [-0.4, -0.2) is 48.8 Å². The molecule has 2 heterocycles. The highest BCUT2D eigenvalue weighted by Gasteiger charge is 2.31. The molecule has 1 aliphatic carbocycles. The van der Waals surface area contributed by atoms with Gasteiger partial charge in [0.05, 0.1) is 20.3 Å². The van der Waals surface area contributed by atoms with Crippen molar-refractivity contribution in [2.45, 2.75) is 51.0 Å². The Morgan fingerprint density at radius 1 is 1.03 bits per heavy atom. The summed E-state index contributed by atoms with van der Waals surface area (Å²) >= 11 is 0. The predicted octanol–water partition coefficient (Wildman–Crippen LogP) is 5.61. The van der Waals surface area contributed by atoms with Crippen LogP contribution in [-0.2, 0) is 16.1 Å². The summed E-state index contributed by atoms with van der Waals surface area (Å²) in [6.45, 7) is 3.55. The summed E-state index contributed by atoms with van der Waals surface area (Å²) in [5.74, 6) is 1.99. The Labute approximate surface area is 202 Å². The lowest BCUT2D eigenvalue weighted by molar-refractivity contribution is -0.136. The quantitative estimate of drug-likeness (QED) is 0.460. The fourth-order valence-corrected chi connectivity index (χ4v) is 5.83. The Balaban J connectivity index is 1.48. The van der Waals surface area contributed by atoms with Crippen molar-refractivity contribution in [1.29, 1.82) is 0 Å². The third kappa shape index (κ3) is 5.00. The minimum Gasteiger partial charge on any atom is -0.497 e. The van der Waals surface area contributed by atoms with Crippen LogP contribution in [0.3, 0.4) is 0 Å². The monoisotopic (exact) mass is 460 g/mol. The van der Waals surface area contributed by atoms with Crippen LogP contribution in [0.15, 0.2) is 54.7 Å². The normalized spacial score (nSPS) is 18.2. The van der Waals surface area contributed by atoms with E-state index in [4.69, 9.17) is 9.47 Å². The molecule has 1 unspecified atom stereocenters. The number of ether oxygens (including phenoxy) is 2. The van der Waals surface area contributed by atoms with Crippen molar-refractivity contribution in [3.63, 3.8) is 0 Å². The molecule has 1 amide bonds. The Bertz CT molecular complexity index is 1090. The number of hydrogen-bond donors (Lipinski definition) is 0. The summed E-state index contributed by atoms with van der Waals surface area (Å²) in [5.41, 5.74) is 3.83. The summed E-state index contributed by atoms with van der Waals surface area (Å²) in [5, 5.41) is 1.29. The SMILES string of the molecule is COc1ccc(Cn2cc(C(CC(=O)N3CCOCC3)C3CCCCC3)c3ccccc32)cc1. The summed E-state index contributed by atoms with van der Waals surface area (Å²) < 4.78 is 13.2. The molecule has 2 aliphatic rings. The number of fused-ring (bicyclic) bond motifs is 1. The molecule has 3 aromatic rings. The molecule has 5 heteroatoms. The number of nitrogens with zero attached hydrogens (tertiary/aromatic N) is 2. The Hall–Kier alpha value is -2.79. The van der Waals surface area contributed by atoms with Gasteiger partial charge in [-0.2, -0.15) is 0 Å². The van der Waals surface area contributed by atoms with Crippen LogP contribution in [0.1, 0.15) is 55.6 Å². The molecule has 1 saturated carbocycles. The maximum absolute atomic E-state index is 13.4. The van der Waals surface area contributed by atoms with E-state index in [1.165, 1.54) is 54.1 Å². The van der Waals surface area contributed by atoms with Crippen molar-refractivity contribution in [3.05, 3.63) is 65.9 Å². The topological polar surface area (TPSA) is 43.7 Å². The number of morpholine rings is 1. The molecule has 180 valence electrons. The molecule has 1 aromatic heterocycles. The van der Waals surface area contributed by atoms with Gasteiger partial charge in [-0.1, -0.05) is 49.6 Å². The van der Waals surface area contributed by atoms with Gasteiger partial charge in [-0.05, 0) is 54.0 Å². The van der Waals surface area contributed by atoms with Crippen molar-refractivity contribution >= 4 is 16.8 Å². The predicted molar refractivity (Wildman–Crippen MR) is 135 cm³/mol. The summed E-state index contributed by atoms with van der Waals surface area (Å²) in [6.07, 6.45) is 9.24. The minimum atomic E-state index is 0.262. The summed E-state index contributed by atoms with van der Waals surface area (Å²) in [4.78, 5) is 15.4. The van der Waals surface area contributed by atoms with Gasteiger partial charge >= 0.3 is 0 Å². The zero-order chi connectivity index (χ0) is 23.3. The van der Waals surface area contributed by atoms with Crippen molar-refractivity contribution in [1.82, 2.24) is 9.47 Å². The minimum absolute atomic E-state index is 0.262. The number of rotatable bonds is 7. The molecule has 1 saturated heterocycles. The van der Waals surface area contributed by atoms with E-state index < -0.39 is 0 Å². The second kappa shape index (κ2) is 10.6. The third-order valence-corrected chi connectivity index (χ3v) is 7.71. The van der Waals surface area contributed by atoms with Gasteiger partial charge in [0, 0.05) is 43.2 Å². The van der Waals surface area contributed by atoms with E-state index >= 15 is 0 Å². The molecule has 5 rings (SSSR count). The van der Waals surface area contributed by atoms with Gasteiger partial charge in [0.1, 0.15) is 5.75 Å². The molecule has 0 bridgehead atoms. The molecule has 0 N–H and O–H groups in total. The number of benzene rings is 2. The average molecular weight is 461 g/mol. The summed E-state index contributed by atoms with van der Waals surface area (Å²) in [7, 11) is 1.70. The van der Waals surface area contributed by atoms with E-state index in [0.29, 0.717) is 25.6 Å². The lowest BCUT2D eigenvalue weighted by atomic mass is 9.75. The number of carbonyl (C=O) groups is 1. The zero-order valence-electron chi connectivity index (χ0n) is 20.2. The second-order valence-corrected chi connectivity index (χ2v) is 9.78. The Kier molecular flexibility index (Phi) is 7.19. The van der Waals surface area contributed by atoms with E-state index in [1.54, 1.807) is 7.11 Å². The molecule has 5 nitrogen and oxygen atoms in total. The molecule has 0 radical (unpaired) electrons. The van der Waals surface area contributed by atoms with Crippen LogP contribution in [0.5, 0.6) is 5.75 Å². The first kappa shape index (κ1) is 23.0. The van der Waals surface area contributed by atoms with Crippen molar-refractivity contribution in [2.75, 3.05) is 33.4 Å². The fraction of sp³-hybridized carbons (Fsp3) is 0.483. The van der Waals surface area contributed by atoms with Crippen LogP contribution in [0.25, 0.3) is 10.9 Å². The highest BCUT2D eigenvalue weighted by molar-refractivity contribution is 5.86. The number of para-hydroxylation sites is 1. The highest BCUT2D eigenvalue weighted by atomic mass is 16.5. The van der Waals surface area contributed by atoms with Crippen LogP contribution in [0.4, 0.5) is 0 Å². The molecule has 0 spiro atoms. The first-order valence-corrected chi connectivity index (χ1v) is 12.8. The number of carbonyl (C=O) groups excluding carboxylic acids is 1. The number of amides is 1. The van der Waals surface area contributed by atoms with Gasteiger partial charge < -0.3 is 18.9 Å². The van der Waals surface area contributed by atoms with E-state index in [2.05, 4.69) is 47.2 Å². The average Bonchev–Trinajstić information content (AvgIpc) is 3.26. The van der Waals surface area contributed by atoms with Gasteiger partial charge in [0.25, 0.3) is 0 Å². The number of aromatic nitrogens is 1. The van der Waals surface area contributed by atoms with Gasteiger partial charge in [-0.25, -0.2) is 0 Å². The van der Waals surface area contributed by atoms with Crippen LogP contribution >= 0.6 is 0 Å². The van der Waals surface area contributed by atoms with E-state index in [0.717, 1.165) is 25.4 Å². The number of methoxy groups -OCH3 is 1. The first-order chi connectivity index (χ1) is 16.7. The lowest BCUT2D eigenvalue weighted by Crippen LogP contribution is -2.41. The standard InChI is InChI=1S/C29H36N2O3/c1-33-24-13-11-22(12-14-24)20-31-21-27(25-9-5-6-10-28(25)31)26(23-7-3-2-4-8-23)19-29(32)30-15-17-34-18-16-30/h5-6,9-14,21,23,26H,2-4,7-8,15-20H2,1H3. The third-order valence-electron chi connectivity index (χ3n) is 7.71. The lowest BCUT2D eigenvalue weighted by Gasteiger charge is -2.33. The van der Waals surface area contributed by atoms with Crippen molar-refractivity contribution < 1.29 is 14.3 Å². The fourth-order valence-electron chi connectivity index (χ4n) is 5.83. The van der Waals surface area contributed by atoms with E-state index in [9.17, 15) is 4.79 Å². The maximum atomic E-state index is 13.4. The van der Waals surface area contributed by atoms with Crippen molar-refractivity contribution in [3.8, 4) is 5.75 Å². The molecule has 2 fully saturated rings. The molecule has 2 aromatic carbocycles. The van der Waals surface area contributed by atoms with E-state index in [-0.39, 0.29) is 11.8 Å². The van der Waals surface area contributed by atoms with Gasteiger partial charge in [0.15, 0.2) is 0 Å². The maximum Gasteiger partial charge on any atom is 0.223 e.